The Morgan fingerprint density at radius 3 is 1.58 bits per heavy atom. The van der Waals surface area contributed by atoms with E-state index in [9.17, 15) is 0 Å². The van der Waals surface area contributed by atoms with Crippen LogP contribution >= 0.6 is 0 Å². The second-order valence-electron chi connectivity index (χ2n) is 7.72. The van der Waals surface area contributed by atoms with Crippen LogP contribution in [-0.2, 0) is 0 Å². The Morgan fingerprint density at radius 1 is 0.842 bits per heavy atom. The average molecular weight is 264 g/mol. The van der Waals surface area contributed by atoms with Gasteiger partial charge in [-0.05, 0) is 28.7 Å². The summed E-state index contributed by atoms with van der Waals surface area (Å²) in [5, 5.41) is 18.3. The minimum Gasteiger partial charge on any atom is -0.364 e. The molecule has 0 radical (unpaired) electrons. The number of aliphatic hydroxyl groups excluding tert-OH is 1. The molecule has 1 aromatic rings. The van der Waals surface area contributed by atoms with E-state index in [2.05, 4.69) is 41.5 Å². The molecule has 108 valence electrons. The fourth-order valence-electron chi connectivity index (χ4n) is 2.44. The van der Waals surface area contributed by atoms with E-state index in [1.807, 2.05) is 12.1 Å². The summed E-state index contributed by atoms with van der Waals surface area (Å²) >= 11 is 0. The van der Waals surface area contributed by atoms with E-state index < -0.39 is 6.29 Å². The molecule has 0 aliphatic rings. The Balaban J connectivity index is 3.05. The van der Waals surface area contributed by atoms with Gasteiger partial charge in [-0.15, -0.1) is 0 Å². The zero-order valence-electron chi connectivity index (χ0n) is 13.1. The number of hydrogen-bond donors (Lipinski definition) is 2. The highest BCUT2D eigenvalue weighted by atomic mass is 16.5. The lowest BCUT2D eigenvalue weighted by atomic mass is 9.69. The van der Waals surface area contributed by atoms with Gasteiger partial charge in [0.05, 0.1) is 0 Å². The predicted molar refractivity (Wildman–Crippen MR) is 79.9 cm³/mol. The smallest absolute Gasteiger partial charge is 0.178 e. The lowest BCUT2D eigenvalue weighted by Crippen LogP contribution is -2.23. The second-order valence-corrected chi connectivity index (χ2v) is 7.72. The van der Waals surface area contributed by atoms with Crippen molar-refractivity contribution < 1.29 is 10.2 Å². The number of rotatable bonds is 3. The third kappa shape index (κ3) is 4.96. The molecule has 1 unspecified atom stereocenters. The highest BCUT2D eigenvalue weighted by Gasteiger charge is 2.30. The lowest BCUT2D eigenvalue weighted by molar-refractivity contribution is -0.0425. The molecule has 0 saturated carbocycles. The Bertz CT molecular complexity index is 391. The maximum Gasteiger partial charge on any atom is 0.178 e. The minimum atomic E-state index is -1.38. The average Bonchev–Trinajstić information content (AvgIpc) is 2.23. The van der Waals surface area contributed by atoms with Gasteiger partial charge in [0.25, 0.3) is 0 Å². The summed E-state index contributed by atoms with van der Waals surface area (Å²) in [4.78, 5) is 0. The SMILES string of the molecule is CC(C)(C)CC(c1ccc(C(O)O)cc1)C(C)(C)C. The monoisotopic (exact) mass is 264 g/mol. The van der Waals surface area contributed by atoms with Gasteiger partial charge in [-0.25, -0.2) is 0 Å². The first-order chi connectivity index (χ1) is 8.50. The first-order valence-electron chi connectivity index (χ1n) is 6.97. The van der Waals surface area contributed by atoms with Crippen LogP contribution in [0.25, 0.3) is 0 Å². The van der Waals surface area contributed by atoms with Crippen molar-refractivity contribution in [3.05, 3.63) is 35.4 Å². The molecule has 0 fully saturated rings. The fourth-order valence-corrected chi connectivity index (χ4v) is 2.44. The molecule has 0 saturated heterocycles. The molecule has 0 aromatic heterocycles. The van der Waals surface area contributed by atoms with E-state index in [0.29, 0.717) is 11.5 Å². The maximum atomic E-state index is 9.16. The molecule has 1 aromatic carbocycles. The Labute approximate surface area is 117 Å². The number of aliphatic hydroxyl groups is 2. The van der Waals surface area contributed by atoms with Crippen LogP contribution in [0.5, 0.6) is 0 Å². The van der Waals surface area contributed by atoms with Crippen LogP contribution in [0.3, 0.4) is 0 Å². The van der Waals surface area contributed by atoms with Gasteiger partial charge in [-0.3, -0.25) is 0 Å². The molecule has 1 rings (SSSR count). The molecule has 0 heterocycles. The summed E-state index contributed by atoms with van der Waals surface area (Å²) in [6.07, 6.45) is -0.276. The van der Waals surface area contributed by atoms with Gasteiger partial charge >= 0.3 is 0 Å². The normalized spacial score (nSPS) is 14.8. The second kappa shape index (κ2) is 5.64. The molecule has 2 heteroatoms. The lowest BCUT2D eigenvalue weighted by Gasteiger charge is -2.36. The van der Waals surface area contributed by atoms with E-state index in [0.717, 1.165) is 6.42 Å². The van der Waals surface area contributed by atoms with Gasteiger partial charge in [0.15, 0.2) is 6.29 Å². The Morgan fingerprint density at radius 2 is 1.26 bits per heavy atom. The number of hydrogen-bond acceptors (Lipinski definition) is 2. The summed E-state index contributed by atoms with van der Waals surface area (Å²) in [6, 6.07) is 7.66. The van der Waals surface area contributed by atoms with E-state index in [1.165, 1.54) is 5.56 Å². The third-order valence-corrected chi connectivity index (χ3v) is 3.50. The van der Waals surface area contributed by atoms with Crippen molar-refractivity contribution >= 4 is 0 Å². The fraction of sp³-hybridized carbons (Fsp3) is 0.647. The summed E-state index contributed by atoms with van der Waals surface area (Å²) in [5.74, 6) is 0.456. The first-order valence-corrected chi connectivity index (χ1v) is 6.97. The van der Waals surface area contributed by atoms with Crippen molar-refractivity contribution in [2.24, 2.45) is 10.8 Å². The predicted octanol–water partition coefficient (Wildman–Crippen LogP) is 4.24. The van der Waals surface area contributed by atoms with Crippen molar-refractivity contribution in [2.45, 2.75) is 60.2 Å². The van der Waals surface area contributed by atoms with Crippen LogP contribution in [-0.4, -0.2) is 10.2 Å². The van der Waals surface area contributed by atoms with Crippen molar-refractivity contribution in [3.63, 3.8) is 0 Å². The maximum absolute atomic E-state index is 9.16. The Kier molecular flexibility index (Phi) is 4.81. The van der Waals surface area contributed by atoms with Gasteiger partial charge in [0.2, 0.25) is 0 Å². The van der Waals surface area contributed by atoms with Crippen LogP contribution in [0.2, 0.25) is 0 Å². The molecule has 2 nitrogen and oxygen atoms in total. The van der Waals surface area contributed by atoms with Gasteiger partial charge in [0, 0.05) is 5.56 Å². The quantitative estimate of drug-likeness (QED) is 0.802. The van der Waals surface area contributed by atoms with Crippen LogP contribution in [0.15, 0.2) is 24.3 Å². The van der Waals surface area contributed by atoms with Crippen LogP contribution in [0.1, 0.15) is 71.3 Å². The molecule has 0 aliphatic heterocycles. The summed E-state index contributed by atoms with van der Waals surface area (Å²) in [6.45, 7) is 13.6. The van der Waals surface area contributed by atoms with E-state index >= 15 is 0 Å². The van der Waals surface area contributed by atoms with Gasteiger partial charge in [-0.2, -0.15) is 0 Å². The van der Waals surface area contributed by atoms with Crippen molar-refractivity contribution in [3.8, 4) is 0 Å². The van der Waals surface area contributed by atoms with Crippen molar-refractivity contribution in [1.29, 1.82) is 0 Å². The van der Waals surface area contributed by atoms with Crippen LogP contribution in [0.4, 0.5) is 0 Å². The molecule has 0 spiro atoms. The molecule has 1 atom stereocenters. The Hall–Kier alpha value is -0.860. The summed E-state index contributed by atoms with van der Waals surface area (Å²) < 4.78 is 0. The standard InChI is InChI=1S/C17H28O2/c1-16(2,3)11-14(17(4,5)6)12-7-9-13(10-8-12)15(18)19/h7-10,14-15,18-19H,11H2,1-6H3. The largest absolute Gasteiger partial charge is 0.364 e. The minimum absolute atomic E-state index is 0.187. The van der Waals surface area contributed by atoms with Gasteiger partial charge < -0.3 is 10.2 Å². The third-order valence-electron chi connectivity index (χ3n) is 3.50. The zero-order chi connectivity index (χ0) is 14.8. The molecule has 2 N–H and O–H groups in total. The van der Waals surface area contributed by atoms with Gasteiger partial charge in [0.1, 0.15) is 0 Å². The van der Waals surface area contributed by atoms with Crippen molar-refractivity contribution in [2.75, 3.05) is 0 Å². The van der Waals surface area contributed by atoms with Crippen LogP contribution in [0, 0.1) is 10.8 Å². The van der Waals surface area contributed by atoms with Gasteiger partial charge in [-0.1, -0.05) is 65.8 Å². The molecule has 0 bridgehead atoms. The molecular formula is C17H28O2. The number of benzene rings is 1. The summed E-state index contributed by atoms with van der Waals surface area (Å²) in [7, 11) is 0. The highest BCUT2D eigenvalue weighted by Crippen LogP contribution is 2.43. The van der Waals surface area contributed by atoms with E-state index in [-0.39, 0.29) is 10.8 Å². The topological polar surface area (TPSA) is 40.5 Å². The highest BCUT2D eigenvalue weighted by molar-refractivity contribution is 5.27. The molecule has 0 aliphatic carbocycles. The van der Waals surface area contributed by atoms with E-state index in [1.54, 1.807) is 12.1 Å². The first kappa shape index (κ1) is 16.2. The van der Waals surface area contributed by atoms with Crippen LogP contribution < -0.4 is 0 Å². The summed E-state index contributed by atoms with van der Waals surface area (Å²) in [5.41, 5.74) is 2.28. The zero-order valence-corrected chi connectivity index (χ0v) is 13.1. The molecule has 19 heavy (non-hydrogen) atoms. The van der Waals surface area contributed by atoms with Crippen molar-refractivity contribution in [1.82, 2.24) is 0 Å². The van der Waals surface area contributed by atoms with E-state index in [4.69, 9.17) is 10.2 Å². The molecular weight excluding hydrogens is 236 g/mol. The molecule has 0 amide bonds.